The van der Waals surface area contributed by atoms with Crippen molar-refractivity contribution in [3.05, 3.63) is 60.4 Å². The number of rotatable bonds is 0. The predicted octanol–water partition coefficient (Wildman–Crippen LogP) is 5.57. The van der Waals surface area contributed by atoms with Crippen LogP contribution >= 0.6 is 11.3 Å². The fraction of sp³-hybridized carbons (Fsp3) is 0.200. The minimum atomic E-state index is 0. The molecule has 0 unspecified atom stereocenters. The fourth-order valence-electron chi connectivity index (χ4n) is 2.48. The molecule has 0 saturated carbocycles. The van der Waals surface area contributed by atoms with Crippen LogP contribution in [0.2, 0.25) is 0 Å². The van der Waals surface area contributed by atoms with Crippen LogP contribution in [0.1, 0.15) is 14.9 Å². The molecule has 0 atom stereocenters. The molecule has 0 N–H and O–H groups in total. The van der Waals surface area contributed by atoms with Gasteiger partial charge in [-0.05, 0) is 41.8 Å². The number of benzene rings is 1. The molecule has 5 heteroatoms. The Labute approximate surface area is 152 Å². The Morgan fingerprint density at radius 2 is 1.80 bits per heavy atom. The molecule has 130 valence electrons. The summed E-state index contributed by atoms with van der Waals surface area (Å²) in [6.07, 6.45) is 5.41. The third kappa shape index (κ3) is 3.88. The van der Waals surface area contributed by atoms with E-state index in [4.69, 9.17) is 9.47 Å². The maximum Gasteiger partial charge on any atom is 0.169 e. The first-order chi connectivity index (χ1) is 11.4. The predicted molar refractivity (Wildman–Crippen MR) is 106 cm³/mol. The first kappa shape index (κ1) is 18.7. The summed E-state index contributed by atoms with van der Waals surface area (Å²) in [5.74, 6) is 1.67. The Bertz CT molecular complexity index is 922. The van der Waals surface area contributed by atoms with Crippen molar-refractivity contribution in [3.8, 4) is 11.5 Å². The smallest absolute Gasteiger partial charge is 0.169 e. The van der Waals surface area contributed by atoms with E-state index in [1.807, 2.05) is 42.7 Å². The molecule has 5 rings (SSSR count). The van der Waals surface area contributed by atoms with Gasteiger partial charge in [0.15, 0.2) is 11.5 Å². The number of fused-ring (bicyclic) bond motifs is 4. The van der Waals surface area contributed by atoms with E-state index >= 15 is 0 Å². The number of aromatic nitrogens is 2. The quantitative estimate of drug-likeness (QED) is 0.414. The number of thiophene rings is 1. The normalized spacial score (nSPS) is 11.7. The summed E-state index contributed by atoms with van der Waals surface area (Å²) in [6.45, 7) is 1.25. The van der Waals surface area contributed by atoms with E-state index in [0.29, 0.717) is 13.2 Å². The van der Waals surface area contributed by atoms with Crippen LogP contribution in [0.15, 0.2) is 60.4 Å². The molecule has 4 heterocycles. The van der Waals surface area contributed by atoms with E-state index in [9.17, 15) is 0 Å². The molecule has 0 radical (unpaired) electrons. The van der Waals surface area contributed by atoms with Gasteiger partial charge in [0, 0.05) is 29.4 Å². The van der Waals surface area contributed by atoms with Crippen molar-refractivity contribution in [2.75, 3.05) is 13.2 Å². The van der Waals surface area contributed by atoms with Crippen LogP contribution in [0.4, 0.5) is 0 Å². The summed E-state index contributed by atoms with van der Waals surface area (Å²) in [7, 11) is 0. The maximum absolute atomic E-state index is 5.58. The molecule has 0 fully saturated rings. The minimum Gasteiger partial charge on any atom is -0.486 e. The first-order valence-corrected chi connectivity index (χ1v) is 8.20. The highest BCUT2D eigenvalue weighted by Gasteiger charge is 2.14. The summed E-state index contributed by atoms with van der Waals surface area (Å²) >= 11 is 1.72. The lowest BCUT2D eigenvalue weighted by Crippen LogP contribution is -2.15. The van der Waals surface area contributed by atoms with E-state index in [2.05, 4.69) is 21.4 Å². The Balaban J connectivity index is 0.000000180. The topological polar surface area (TPSA) is 44.2 Å². The second-order valence-electron chi connectivity index (χ2n) is 4.99. The minimum absolute atomic E-state index is 0. The summed E-state index contributed by atoms with van der Waals surface area (Å²) < 4.78 is 12.3. The van der Waals surface area contributed by atoms with Crippen LogP contribution in [-0.4, -0.2) is 23.2 Å². The third-order valence-electron chi connectivity index (χ3n) is 3.54. The van der Waals surface area contributed by atoms with Gasteiger partial charge in [0.05, 0.1) is 10.2 Å². The molecule has 3 aromatic heterocycles. The lowest BCUT2D eigenvalue weighted by molar-refractivity contribution is 0.174. The van der Waals surface area contributed by atoms with Crippen LogP contribution in [-0.2, 0) is 0 Å². The van der Waals surface area contributed by atoms with Crippen molar-refractivity contribution in [1.29, 1.82) is 0 Å². The standard InChI is InChI=1S/C11H9NO2.C7H5NS.2CH4/c1-2-10-11(14-6-5-13-10)9-3-4-12-7-8(1)9;1-2-7-6(8-4-1)3-5-9-7;;/h1-4,7H,5-6H2;1-5H;2*1H4. The van der Waals surface area contributed by atoms with Crippen molar-refractivity contribution in [1.82, 2.24) is 9.97 Å². The zero-order valence-corrected chi connectivity index (χ0v) is 13.1. The Morgan fingerprint density at radius 1 is 0.920 bits per heavy atom. The summed E-state index contributed by atoms with van der Waals surface area (Å²) in [5.41, 5.74) is 1.10. The molecule has 4 aromatic rings. The molecule has 0 aliphatic carbocycles. The van der Waals surface area contributed by atoms with Gasteiger partial charge >= 0.3 is 0 Å². The van der Waals surface area contributed by atoms with E-state index in [-0.39, 0.29) is 14.9 Å². The van der Waals surface area contributed by atoms with Gasteiger partial charge < -0.3 is 9.47 Å². The van der Waals surface area contributed by atoms with Crippen LogP contribution in [0.25, 0.3) is 21.0 Å². The average Bonchev–Trinajstić information content (AvgIpc) is 3.11. The second kappa shape index (κ2) is 8.44. The van der Waals surface area contributed by atoms with Gasteiger partial charge in [0.1, 0.15) is 13.2 Å². The largest absolute Gasteiger partial charge is 0.486 e. The van der Waals surface area contributed by atoms with Crippen molar-refractivity contribution < 1.29 is 9.47 Å². The summed E-state index contributed by atoms with van der Waals surface area (Å²) in [5, 5.41) is 4.20. The number of pyridine rings is 2. The van der Waals surface area contributed by atoms with Crippen LogP contribution in [0.5, 0.6) is 11.5 Å². The molecule has 0 bridgehead atoms. The van der Waals surface area contributed by atoms with E-state index in [0.717, 1.165) is 27.8 Å². The van der Waals surface area contributed by atoms with Crippen molar-refractivity contribution in [3.63, 3.8) is 0 Å². The van der Waals surface area contributed by atoms with E-state index in [1.54, 1.807) is 17.5 Å². The lowest BCUT2D eigenvalue weighted by Gasteiger charge is -2.19. The van der Waals surface area contributed by atoms with Crippen molar-refractivity contribution >= 4 is 32.3 Å². The average molecular weight is 354 g/mol. The fourth-order valence-corrected chi connectivity index (χ4v) is 3.22. The Kier molecular flexibility index (Phi) is 6.31. The van der Waals surface area contributed by atoms with Crippen molar-refractivity contribution in [2.24, 2.45) is 0 Å². The van der Waals surface area contributed by atoms with Crippen LogP contribution in [0.3, 0.4) is 0 Å². The number of hydrogen-bond donors (Lipinski definition) is 0. The van der Waals surface area contributed by atoms with Gasteiger partial charge in [-0.25, -0.2) is 0 Å². The molecule has 1 aliphatic rings. The van der Waals surface area contributed by atoms with Gasteiger partial charge in [-0.2, -0.15) is 0 Å². The first-order valence-electron chi connectivity index (χ1n) is 7.32. The zero-order chi connectivity index (χ0) is 15.5. The van der Waals surface area contributed by atoms with Gasteiger partial charge in [0.25, 0.3) is 0 Å². The molecular weight excluding hydrogens is 332 g/mol. The summed E-state index contributed by atoms with van der Waals surface area (Å²) in [4.78, 5) is 8.22. The van der Waals surface area contributed by atoms with Crippen LogP contribution in [0, 0.1) is 0 Å². The van der Waals surface area contributed by atoms with Gasteiger partial charge in [-0.3, -0.25) is 9.97 Å². The second-order valence-corrected chi connectivity index (χ2v) is 5.94. The molecular formula is C20H22N2O2S. The van der Waals surface area contributed by atoms with Gasteiger partial charge in [-0.15, -0.1) is 11.3 Å². The molecule has 1 aliphatic heterocycles. The van der Waals surface area contributed by atoms with Crippen LogP contribution < -0.4 is 9.47 Å². The highest BCUT2D eigenvalue weighted by atomic mass is 32.1. The van der Waals surface area contributed by atoms with E-state index in [1.165, 1.54) is 4.70 Å². The Hall–Kier alpha value is -2.66. The monoisotopic (exact) mass is 354 g/mol. The van der Waals surface area contributed by atoms with Gasteiger partial charge in [-0.1, -0.05) is 14.9 Å². The highest BCUT2D eigenvalue weighted by Crippen LogP contribution is 2.36. The molecule has 4 nitrogen and oxygen atoms in total. The molecule has 1 aromatic carbocycles. The van der Waals surface area contributed by atoms with Gasteiger partial charge in [0.2, 0.25) is 0 Å². The van der Waals surface area contributed by atoms with Crippen molar-refractivity contribution in [2.45, 2.75) is 14.9 Å². The SMILES string of the molecule is C.C.c1cc2c3c(ccc2cn1)OCCO3.c1cnc2ccsc2c1. The number of hydrogen-bond acceptors (Lipinski definition) is 5. The number of ether oxygens (including phenoxy) is 2. The molecule has 0 amide bonds. The molecule has 25 heavy (non-hydrogen) atoms. The third-order valence-corrected chi connectivity index (χ3v) is 4.41. The van der Waals surface area contributed by atoms with E-state index < -0.39 is 0 Å². The molecule has 0 saturated heterocycles. The maximum atomic E-state index is 5.58. The Morgan fingerprint density at radius 3 is 2.68 bits per heavy atom. The lowest BCUT2D eigenvalue weighted by atomic mass is 10.1. The highest BCUT2D eigenvalue weighted by molar-refractivity contribution is 7.17. The summed E-state index contributed by atoms with van der Waals surface area (Å²) in [6, 6.07) is 11.9. The zero-order valence-electron chi connectivity index (χ0n) is 12.3. The number of nitrogens with zero attached hydrogens (tertiary/aromatic N) is 2. The molecule has 0 spiro atoms.